The van der Waals surface area contributed by atoms with Crippen molar-refractivity contribution in [3.8, 4) is 0 Å². The van der Waals surface area contributed by atoms with E-state index < -0.39 is 10.0 Å². The molecule has 0 spiro atoms. The number of rotatable bonds is 4. The van der Waals surface area contributed by atoms with Crippen LogP contribution in [0.2, 0.25) is 5.02 Å². The quantitative estimate of drug-likeness (QED) is 0.898. The number of ether oxygens (including phenoxy) is 2. The molecule has 126 valence electrons. The number of hydrogen-bond acceptors (Lipinski definition) is 6. The number of nitrogens with one attached hydrogen (secondary N) is 1. The fraction of sp³-hybridized carbons (Fsp3) is 0.133. The van der Waals surface area contributed by atoms with Gasteiger partial charge in [-0.25, -0.2) is 13.4 Å². The third-order valence-electron chi connectivity index (χ3n) is 3.23. The molecule has 1 N–H and O–H groups in total. The molecule has 1 aliphatic heterocycles. The van der Waals surface area contributed by atoms with Crippen molar-refractivity contribution in [2.45, 2.75) is 4.90 Å². The molecule has 0 aromatic heterocycles. The highest BCUT2D eigenvalue weighted by Gasteiger charge is 2.19. The first kappa shape index (κ1) is 16.4. The average Bonchev–Trinajstić information content (AvgIpc) is 3.04. The van der Waals surface area contributed by atoms with Gasteiger partial charge in [-0.3, -0.25) is 4.72 Å². The normalized spacial score (nSPS) is 14.1. The Morgan fingerprint density at radius 2 is 1.92 bits per heavy atom. The van der Waals surface area contributed by atoms with E-state index in [2.05, 4.69) is 9.82 Å². The van der Waals surface area contributed by atoms with Crippen molar-refractivity contribution in [2.75, 3.05) is 23.6 Å². The summed E-state index contributed by atoms with van der Waals surface area (Å²) in [4.78, 5) is 0.0259. The van der Waals surface area contributed by atoms with E-state index in [0.29, 0.717) is 5.69 Å². The molecule has 0 unspecified atom stereocenters. The Kier molecular flexibility index (Phi) is 4.50. The van der Waals surface area contributed by atoms with E-state index in [1.165, 1.54) is 19.2 Å². The Morgan fingerprint density at radius 1 is 1.21 bits per heavy atom. The first-order chi connectivity index (χ1) is 11.5. The molecule has 2 aromatic carbocycles. The third kappa shape index (κ3) is 3.39. The summed E-state index contributed by atoms with van der Waals surface area (Å²) in [6.45, 7) is 0.230. The van der Waals surface area contributed by atoms with Crippen molar-refractivity contribution in [1.82, 2.24) is 0 Å². The highest BCUT2D eigenvalue weighted by Crippen LogP contribution is 2.25. The summed E-state index contributed by atoms with van der Waals surface area (Å²) in [6, 6.07) is 12.9. The zero-order valence-electron chi connectivity index (χ0n) is 12.6. The van der Waals surface area contributed by atoms with Crippen molar-refractivity contribution >= 4 is 39.1 Å². The summed E-state index contributed by atoms with van der Waals surface area (Å²) in [5.41, 5.74) is 1.15. The summed E-state index contributed by atoms with van der Waals surface area (Å²) in [6.07, 6.45) is 0.179. The molecule has 1 aliphatic rings. The molecule has 0 aliphatic carbocycles. The van der Waals surface area contributed by atoms with E-state index in [4.69, 9.17) is 21.1 Å². The first-order valence-electron chi connectivity index (χ1n) is 6.90. The van der Waals surface area contributed by atoms with Crippen LogP contribution in [0.4, 0.5) is 11.4 Å². The Hall–Kier alpha value is -2.45. The number of benzene rings is 2. The number of sulfonamides is 1. The van der Waals surface area contributed by atoms with E-state index in [-0.39, 0.29) is 22.7 Å². The van der Waals surface area contributed by atoms with E-state index in [9.17, 15) is 8.42 Å². The summed E-state index contributed by atoms with van der Waals surface area (Å²) < 4.78 is 37.3. The van der Waals surface area contributed by atoms with Gasteiger partial charge in [-0.15, -0.1) is 0 Å². The molecule has 0 fully saturated rings. The molecule has 24 heavy (non-hydrogen) atoms. The molecule has 9 heteroatoms. The maximum absolute atomic E-state index is 12.4. The van der Waals surface area contributed by atoms with Crippen LogP contribution < -0.4 is 9.73 Å². The van der Waals surface area contributed by atoms with E-state index in [1.54, 1.807) is 41.4 Å². The van der Waals surface area contributed by atoms with Gasteiger partial charge in [0.25, 0.3) is 10.0 Å². The van der Waals surface area contributed by atoms with Gasteiger partial charge < -0.3 is 9.47 Å². The highest BCUT2D eigenvalue weighted by atomic mass is 35.5. The summed E-state index contributed by atoms with van der Waals surface area (Å²) in [5.74, 6) is 0. The monoisotopic (exact) mass is 367 g/mol. The van der Waals surface area contributed by atoms with Crippen LogP contribution in [0.5, 0.6) is 0 Å². The van der Waals surface area contributed by atoms with Gasteiger partial charge in [0.2, 0.25) is 0 Å². The Labute approximate surface area is 144 Å². The van der Waals surface area contributed by atoms with Crippen LogP contribution in [-0.2, 0) is 19.5 Å². The lowest BCUT2D eigenvalue weighted by Crippen LogP contribution is -2.14. The summed E-state index contributed by atoms with van der Waals surface area (Å²) in [5, 5.41) is 5.84. The predicted molar refractivity (Wildman–Crippen MR) is 91.6 cm³/mol. The van der Waals surface area contributed by atoms with Crippen LogP contribution in [0.3, 0.4) is 0 Å². The van der Waals surface area contributed by atoms with Gasteiger partial charge in [0.1, 0.15) is 4.90 Å². The molecular weight excluding hydrogens is 354 g/mol. The molecule has 0 amide bonds. The van der Waals surface area contributed by atoms with Crippen molar-refractivity contribution in [3.63, 3.8) is 0 Å². The molecule has 0 atom stereocenters. The number of anilines is 2. The second-order valence-electron chi connectivity index (χ2n) is 4.83. The zero-order chi connectivity index (χ0) is 17.2. The van der Waals surface area contributed by atoms with Crippen LogP contribution in [0.1, 0.15) is 0 Å². The maximum atomic E-state index is 12.4. The van der Waals surface area contributed by atoms with Crippen LogP contribution >= 0.6 is 11.6 Å². The fourth-order valence-electron chi connectivity index (χ4n) is 2.08. The van der Waals surface area contributed by atoms with Gasteiger partial charge in [0.05, 0.1) is 17.8 Å². The SMILES string of the molecule is COC1=NN(c2ccc(NS(=O)(=O)c3ccccc3Cl)cc2)CO1. The van der Waals surface area contributed by atoms with Crippen LogP contribution in [0.15, 0.2) is 58.5 Å². The standard InChI is InChI=1S/C15H14ClN3O4S/c1-22-15-17-19(10-23-15)12-8-6-11(7-9-12)18-24(20,21)14-5-3-2-4-13(14)16/h2-9,18H,10H2,1H3. The number of halogens is 1. The molecule has 0 saturated carbocycles. The Morgan fingerprint density at radius 3 is 2.54 bits per heavy atom. The van der Waals surface area contributed by atoms with Crippen LogP contribution in [0.25, 0.3) is 0 Å². The highest BCUT2D eigenvalue weighted by molar-refractivity contribution is 7.92. The molecule has 0 bridgehead atoms. The minimum absolute atomic E-state index is 0.0259. The smallest absolute Gasteiger partial charge is 0.407 e. The maximum Gasteiger partial charge on any atom is 0.407 e. The Balaban J connectivity index is 1.77. The van der Waals surface area contributed by atoms with Gasteiger partial charge in [0.15, 0.2) is 6.73 Å². The molecule has 1 heterocycles. The second-order valence-corrected chi connectivity index (χ2v) is 6.88. The lowest BCUT2D eigenvalue weighted by atomic mass is 10.3. The lowest BCUT2D eigenvalue weighted by Gasteiger charge is -2.13. The first-order valence-corrected chi connectivity index (χ1v) is 8.76. The molecule has 7 nitrogen and oxygen atoms in total. The average molecular weight is 368 g/mol. The summed E-state index contributed by atoms with van der Waals surface area (Å²) in [7, 11) is -2.29. The minimum Gasteiger partial charge on any atom is -0.453 e. The lowest BCUT2D eigenvalue weighted by molar-refractivity contribution is 0.225. The third-order valence-corrected chi connectivity index (χ3v) is 5.11. The zero-order valence-corrected chi connectivity index (χ0v) is 14.2. The van der Waals surface area contributed by atoms with Crippen LogP contribution in [-0.4, -0.2) is 28.3 Å². The van der Waals surface area contributed by atoms with Crippen molar-refractivity contribution < 1.29 is 17.9 Å². The second kappa shape index (κ2) is 6.58. The van der Waals surface area contributed by atoms with Crippen molar-refractivity contribution in [2.24, 2.45) is 5.10 Å². The minimum atomic E-state index is -3.76. The molecule has 0 radical (unpaired) electrons. The molecule has 3 rings (SSSR count). The number of hydrazone groups is 1. The van der Waals surface area contributed by atoms with Gasteiger partial charge >= 0.3 is 6.08 Å². The largest absolute Gasteiger partial charge is 0.453 e. The topological polar surface area (TPSA) is 80.2 Å². The van der Waals surface area contributed by atoms with E-state index in [1.807, 2.05) is 0 Å². The molecular formula is C15H14ClN3O4S. The van der Waals surface area contributed by atoms with Gasteiger partial charge in [0, 0.05) is 5.69 Å². The van der Waals surface area contributed by atoms with Gasteiger partial charge in [-0.2, -0.15) is 0 Å². The van der Waals surface area contributed by atoms with Crippen LogP contribution in [0, 0.1) is 0 Å². The van der Waals surface area contributed by atoms with Crippen molar-refractivity contribution in [1.29, 1.82) is 0 Å². The van der Waals surface area contributed by atoms with E-state index >= 15 is 0 Å². The van der Waals surface area contributed by atoms with Gasteiger partial charge in [-0.05, 0) is 36.4 Å². The molecule has 2 aromatic rings. The number of nitrogens with zero attached hydrogens (tertiary/aromatic N) is 2. The fourth-order valence-corrected chi connectivity index (χ4v) is 3.66. The number of methoxy groups -OCH3 is 1. The number of hydrogen-bond donors (Lipinski definition) is 1. The van der Waals surface area contributed by atoms with Gasteiger partial charge in [-0.1, -0.05) is 28.8 Å². The Bertz CT molecular complexity index is 869. The predicted octanol–water partition coefficient (Wildman–Crippen LogP) is 2.85. The van der Waals surface area contributed by atoms with E-state index in [0.717, 1.165) is 5.69 Å². The molecule has 0 saturated heterocycles. The summed E-state index contributed by atoms with van der Waals surface area (Å²) >= 11 is 5.95. The van der Waals surface area contributed by atoms with Crippen molar-refractivity contribution in [3.05, 3.63) is 53.6 Å².